The first-order chi connectivity index (χ1) is 11.7. The lowest BCUT2D eigenvalue weighted by Gasteiger charge is -2.19. The molecule has 0 amide bonds. The van der Waals surface area contributed by atoms with Crippen molar-refractivity contribution in [3.05, 3.63) is 0 Å². The van der Waals surface area contributed by atoms with Gasteiger partial charge in [-0.15, -0.1) is 0 Å². The summed E-state index contributed by atoms with van der Waals surface area (Å²) in [7, 11) is -9.49. The van der Waals surface area contributed by atoms with Crippen molar-refractivity contribution in [2.75, 3.05) is 0 Å². The topological polar surface area (TPSA) is 115 Å². The molecule has 0 aromatic rings. The Hall–Kier alpha value is 0.300. The molecule has 0 unspecified atom stereocenters. The van der Waals surface area contributed by atoms with Gasteiger partial charge >= 0.3 is 15.2 Å². The van der Waals surface area contributed by atoms with E-state index in [-0.39, 0.29) is 6.42 Å². The van der Waals surface area contributed by atoms with Crippen molar-refractivity contribution in [1.29, 1.82) is 0 Å². The maximum absolute atomic E-state index is 11.1. The Kier molecular flexibility index (Phi) is 14.5. The Morgan fingerprint density at radius 1 is 0.560 bits per heavy atom. The average Bonchev–Trinajstić information content (AvgIpc) is 2.48. The van der Waals surface area contributed by atoms with E-state index in [2.05, 4.69) is 6.92 Å². The molecule has 0 heterocycles. The molecule has 0 aromatic heterocycles. The van der Waals surface area contributed by atoms with Crippen LogP contribution in [-0.4, -0.2) is 25.0 Å². The molecule has 25 heavy (non-hydrogen) atoms. The van der Waals surface area contributed by atoms with Crippen molar-refractivity contribution in [3.8, 4) is 0 Å². The predicted molar refractivity (Wildman–Crippen MR) is 103 cm³/mol. The first kappa shape index (κ1) is 25.3. The fraction of sp³-hybridized carbons (Fsp3) is 1.00. The lowest BCUT2D eigenvalue weighted by molar-refractivity contribution is 0.333. The van der Waals surface area contributed by atoms with Gasteiger partial charge in [-0.25, -0.2) is 0 Å². The molecule has 0 bridgehead atoms. The third kappa shape index (κ3) is 15.1. The van der Waals surface area contributed by atoms with Gasteiger partial charge in [-0.3, -0.25) is 9.13 Å². The second-order valence-electron chi connectivity index (χ2n) is 7.04. The molecule has 8 heteroatoms. The number of rotatable bonds is 17. The fourth-order valence-electron chi connectivity index (χ4n) is 3.05. The summed E-state index contributed by atoms with van der Waals surface area (Å²) >= 11 is 0. The molecule has 4 N–H and O–H groups in total. The van der Waals surface area contributed by atoms with Crippen molar-refractivity contribution in [2.45, 2.75) is 109 Å². The van der Waals surface area contributed by atoms with Crippen molar-refractivity contribution >= 4 is 15.2 Å². The largest absolute Gasteiger partial charge is 0.340 e. The quantitative estimate of drug-likeness (QED) is 0.188. The van der Waals surface area contributed by atoms with Crippen LogP contribution in [0.5, 0.6) is 0 Å². The van der Waals surface area contributed by atoms with Crippen LogP contribution in [-0.2, 0) is 9.13 Å². The van der Waals surface area contributed by atoms with Crippen LogP contribution in [0.2, 0.25) is 0 Å². The molecule has 6 nitrogen and oxygen atoms in total. The highest BCUT2D eigenvalue weighted by molar-refractivity contribution is 7.70. The lowest BCUT2D eigenvalue weighted by Crippen LogP contribution is -2.09. The summed E-state index contributed by atoms with van der Waals surface area (Å²) in [5.41, 5.74) is 0. The minimum absolute atomic E-state index is 0.118. The zero-order chi connectivity index (χ0) is 19.2. The minimum Gasteiger partial charge on any atom is -0.324 e. The van der Waals surface area contributed by atoms with E-state index in [4.69, 9.17) is 19.6 Å². The zero-order valence-corrected chi connectivity index (χ0v) is 17.5. The van der Waals surface area contributed by atoms with Crippen LogP contribution in [0.3, 0.4) is 0 Å². The van der Waals surface area contributed by atoms with Gasteiger partial charge in [-0.1, -0.05) is 96.8 Å². The van der Waals surface area contributed by atoms with Crippen LogP contribution in [0, 0.1) is 0 Å². The molecular formula is C17H38O6P2. The van der Waals surface area contributed by atoms with Crippen LogP contribution >= 0.6 is 15.2 Å². The number of hydrogen-bond donors (Lipinski definition) is 4. The molecule has 0 radical (unpaired) electrons. The monoisotopic (exact) mass is 400 g/mol. The van der Waals surface area contributed by atoms with E-state index in [1.54, 1.807) is 0 Å². The molecule has 0 aliphatic heterocycles. The number of hydrogen-bond acceptors (Lipinski definition) is 2. The second-order valence-corrected chi connectivity index (χ2v) is 11.1. The third-order valence-electron chi connectivity index (χ3n) is 4.59. The summed E-state index contributed by atoms with van der Waals surface area (Å²) in [5, 5.41) is -1.84. The molecule has 0 aliphatic carbocycles. The Labute approximate surface area is 153 Å². The molecule has 0 spiro atoms. The predicted octanol–water partition coefficient (Wildman–Crippen LogP) is 5.54. The van der Waals surface area contributed by atoms with E-state index in [0.717, 1.165) is 25.7 Å². The average molecular weight is 400 g/mol. The second kappa shape index (κ2) is 14.4. The molecular weight excluding hydrogens is 362 g/mol. The van der Waals surface area contributed by atoms with Crippen LogP contribution < -0.4 is 0 Å². The molecule has 152 valence electrons. The van der Waals surface area contributed by atoms with Crippen molar-refractivity contribution in [1.82, 2.24) is 0 Å². The molecule has 0 aliphatic rings. The van der Waals surface area contributed by atoms with Gasteiger partial charge in [0, 0.05) is 0 Å². The highest BCUT2D eigenvalue weighted by Gasteiger charge is 2.42. The molecule has 0 rings (SSSR count). The summed E-state index contributed by atoms with van der Waals surface area (Å²) in [6, 6.07) is 0. The Morgan fingerprint density at radius 2 is 0.840 bits per heavy atom. The van der Waals surface area contributed by atoms with Gasteiger partial charge in [0.05, 0.1) is 0 Å². The van der Waals surface area contributed by atoms with Crippen molar-refractivity contribution in [2.24, 2.45) is 0 Å². The maximum atomic E-state index is 11.1. The van der Waals surface area contributed by atoms with Gasteiger partial charge < -0.3 is 19.6 Å². The van der Waals surface area contributed by atoms with Crippen LogP contribution in [0.15, 0.2) is 0 Å². The fourth-order valence-corrected chi connectivity index (χ4v) is 5.66. The standard InChI is InChI=1S/C17H38O6P2/c1-2-3-4-5-6-7-8-9-10-11-12-13-14-15-16-17(24(18,19)20)25(21,22)23/h17H,2-16H2,1H3,(H2,18,19,20)(H2,21,22,23). The molecule has 0 saturated heterocycles. The summed E-state index contributed by atoms with van der Waals surface area (Å²) in [6.45, 7) is 2.23. The highest BCUT2D eigenvalue weighted by Crippen LogP contribution is 2.61. The van der Waals surface area contributed by atoms with E-state index in [0.29, 0.717) is 6.42 Å². The maximum Gasteiger partial charge on any atom is 0.340 e. The van der Waals surface area contributed by atoms with Crippen LogP contribution in [0.4, 0.5) is 0 Å². The van der Waals surface area contributed by atoms with Gasteiger partial charge in [-0.05, 0) is 6.42 Å². The van der Waals surface area contributed by atoms with Gasteiger partial charge in [-0.2, -0.15) is 0 Å². The van der Waals surface area contributed by atoms with E-state index in [1.807, 2.05) is 0 Å². The van der Waals surface area contributed by atoms with Gasteiger partial charge in [0.15, 0.2) is 5.40 Å². The molecule has 0 fully saturated rings. The van der Waals surface area contributed by atoms with E-state index < -0.39 is 20.6 Å². The Balaban J connectivity index is 3.50. The smallest absolute Gasteiger partial charge is 0.324 e. The molecule has 0 aromatic carbocycles. The lowest BCUT2D eigenvalue weighted by atomic mass is 10.0. The van der Waals surface area contributed by atoms with Gasteiger partial charge in [0.2, 0.25) is 0 Å². The molecule has 0 atom stereocenters. The van der Waals surface area contributed by atoms with Crippen LogP contribution in [0.25, 0.3) is 0 Å². The van der Waals surface area contributed by atoms with Crippen molar-refractivity contribution in [3.63, 3.8) is 0 Å². The zero-order valence-electron chi connectivity index (χ0n) is 15.7. The van der Waals surface area contributed by atoms with E-state index in [1.165, 1.54) is 57.8 Å². The first-order valence-corrected chi connectivity index (χ1v) is 13.2. The van der Waals surface area contributed by atoms with Gasteiger partial charge in [0.1, 0.15) is 0 Å². The summed E-state index contributed by atoms with van der Waals surface area (Å²) in [4.78, 5) is 36.1. The minimum atomic E-state index is -4.75. The van der Waals surface area contributed by atoms with Crippen molar-refractivity contribution < 1.29 is 28.7 Å². The normalized spacial score (nSPS) is 12.9. The summed E-state index contributed by atoms with van der Waals surface area (Å²) < 4.78 is 22.3. The SMILES string of the molecule is CCCCCCCCCCCCCCCCC(P(=O)(O)O)P(=O)(O)O. The van der Waals surface area contributed by atoms with Gasteiger partial charge in [0.25, 0.3) is 0 Å². The van der Waals surface area contributed by atoms with Crippen LogP contribution in [0.1, 0.15) is 103 Å². The Morgan fingerprint density at radius 3 is 1.12 bits per heavy atom. The molecule has 0 saturated carbocycles. The number of unbranched alkanes of at least 4 members (excludes halogenated alkanes) is 13. The first-order valence-electron chi connectivity index (χ1n) is 9.80. The third-order valence-corrected chi connectivity index (χ3v) is 8.47. The van der Waals surface area contributed by atoms with E-state index >= 15 is 0 Å². The summed E-state index contributed by atoms with van der Waals surface area (Å²) in [5.74, 6) is 0. The van der Waals surface area contributed by atoms with E-state index in [9.17, 15) is 9.13 Å². The summed E-state index contributed by atoms with van der Waals surface area (Å²) in [6.07, 6.45) is 16.1. The highest BCUT2D eigenvalue weighted by atomic mass is 31.2. The Bertz CT molecular complexity index is 382.